The van der Waals surface area contributed by atoms with Crippen molar-refractivity contribution in [1.82, 2.24) is 0 Å². The van der Waals surface area contributed by atoms with Gasteiger partial charge in [0.1, 0.15) is 5.82 Å². The van der Waals surface area contributed by atoms with E-state index in [0.717, 1.165) is 6.07 Å². The maximum Gasteiger partial charge on any atom is 0.307 e. The Kier molecular flexibility index (Phi) is 2.79. The molecule has 5 nitrogen and oxygen atoms in total. The van der Waals surface area contributed by atoms with Crippen LogP contribution in [0, 0.1) is 21.8 Å². The van der Waals surface area contributed by atoms with Gasteiger partial charge in [0, 0.05) is 6.07 Å². The minimum Gasteiger partial charge on any atom is -0.481 e. The lowest BCUT2D eigenvalue weighted by atomic mass is 9.70. The molecule has 1 fully saturated rings. The van der Waals surface area contributed by atoms with E-state index in [1.54, 1.807) is 0 Å². The van der Waals surface area contributed by atoms with E-state index in [9.17, 15) is 19.3 Å². The highest BCUT2D eigenvalue weighted by Crippen LogP contribution is 2.43. The number of hydrogen-bond acceptors (Lipinski definition) is 3. The molecule has 90 valence electrons. The van der Waals surface area contributed by atoms with Crippen LogP contribution in [0.1, 0.15) is 24.3 Å². The summed E-state index contributed by atoms with van der Waals surface area (Å²) >= 11 is 0. The standard InChI is InChI=1S/C11H10FNO4/c12-7-3-6(4-8(5-7)13(16)17)9-1-2-10(9)11(14)15/h3-5,9-10H,1-2H2,(H,14,15)/t9-,10-/m1/s1. The number of halogens is 1. The summed E-state index contributed by atoms with van der Waals surface area (Å²) in [4.78, 5) is 20.7. The predicted octanol–water partition coefficient (Wildman–Crippen LogP) is 2.31. The van der Waals surface area contributed by atoms with Crippen LogP contribution in [0.3, 0.4) is 0 Å². The molecule has 0 heterocycles. The van der Waals surface area contributed by atoms with Gasteiger partial charge in [-0.1, -0.05) is 0 Å². The molecule has 0 amide bonds. The zero-order valence-corrected chi connectivity index (χ0v) is 8.80. The van der Waals surface area contributed by atoms with E-state index in [0.29, 0.717) is 18.4 Å². The Morgan fingerprint density at radius 1 is 1.41 bits per heavy atom. The number of carboxylic acid groups (broad SMARTS) is 1. The van der Waals surface area contributed by atoms with Gasteiger partial charge in [-0.2, -0.15) is 0 Å². The summed E-state index contributed by atoms with van der Waals surface area (Å²) in [7, 11) is 0. The van der Waals surface area contributed by atoms with Crippen LogP contribution >= 0.6 is 0 Å². The number of hydrogen-bond donors (Lipinski definition) is 1. The van der Waals surface area contributed by atoms with Gasteiger partial charge in [-0.15, -0.1) is 0 Å². The monoisotopic (exact) mass is 239 g/mol. The lowest BCUT2D eigenvalue weighted by molar-refractivity contribution is -0.385. The van der Waals surface area contributed by atoms with Crippen LogP contribution in [-0.4, -0.2) is 16.0 Å². The minimum atomic E-state index is -0.937. The molecule has 0 aromatic heterocycles. The Morgan fingerprint density at radius 3 is 2.59 bits per heavy atom. The summed E-state index contributed by atoms with van der Waals surface area (Å²) in [6.07, 6.45) is 1.15. The van der Waals surface area contributed by atoms with Crippen molar-refractivity contribution in [2.24, 2.45) is 5.92 Å². The van der Waals surface area contributed by atoms with E-state index < -0.39 is 22.6 Å². The molecule has 2 atom stereocenters. The Balaban J connectivity index is 2.33. The Hall–Kier alpha value is -1.98. The summed E-state index contributed by atoms with van der Waals surface area (Å²) in [6.45, 7) is 0. The van der Waals surface area contributed by atoms with Crippen LogP contribution in [0.5, 0.6) is 0 Å². The second-order valence-electron chi connectivity index (χ2n) is 4.13. The quantitative estimate of drug-likeness (QED) is 0.648. The second-order valence-corrected chi connectivity index (χ2v) is 4.13. The van der Waals surface area contributed by atoms with Crippen molar-refractivity contribution in [2.45, 2.75) is 18.8 Å². The lowest BCUT2D eigenvalue weighted by Gasteiger charge is -2.33. The fourth-order valence-electron chi connectivity index (χ4n) is 2.11. The average Bonchev–Trinajstić information content (AvgIpc) is 2.13. The largest absolute Gasteiger partial charge is 0.481 e. The molecule has 0 aliphatic heterocycles. The van der Waals surface area contributed by atoms with Gasteiger partial charge >= 0.3 is 5.97 Å². The highest BCUT2D eigenvalue weighted by atomic mass is 19.1. The fraction of sp³-hybridized carbons (Fsp3) is 0.364. The van der Waals surface area contributed by atoms with Crippen LogP contribution in [0.4, 0.5) is 10.1 Å². The highest BCUT2D eigenvalue weighted by molar-refractivity contribution is 5.72. The Labute approximate surface area is 96.0 Å². The molecule has 0 saturated heterocycles. The van der Waals surface area contributed by atoms with Crippen LogP contribution < -0.4 is 0 Å². The number of benzene rings is 1. The van der Waals surface area contributed by atoms with Gasteiger partial charge in [-0.25, -0.2) is 4.39 Å². The third-order valence-electron chi connectivity index (χ3n) is 3.14. The molecule has 0 unspecified atom stereocenters. The molecule has 1 saturated carbocycles. The van der Waals surface area contributed by atoms with Gasteiger partial charge in [0.2, 0.25) is 0 Å². The predicted molar refractivity (Wildman–Crippen MR) is 56.2 cm³/mol. The van der Waals surface area contributed by atoms with E-state index >= 15 is 0 Å². The topological polar surface area (TPSA) is 80.4 Å². The van der Waals surface area contributed by atoms with Crippen molar-refractivity contribution >= 4 is 11.7 Å². The third-order valence-corrected chi connectivity index (χ3v) is 3.14. The zero-order chi connectivity index (χ0) is 12.6. The lowest BCUT2D eigenvalue weighted by Crippen LogP contribution is -2.31. The van der Waals surface area contributed by atoms with Gasteiger partial charge in [0.05, 0.1) is 16.9 Å². The fourth-order valence-corrected chi connectivity index (χ4v) is 2.11. The maximum absolute atomic E-state index is 13.2. The van der Waals surface area contributed by atoms with Gasteiger partial charge < -0.3 is 5.11 Å². The normalized spacial score (nSPS) is 22.9. The van der Waals surface area contributed by atoms with Crippen molar-refractivity contribution in [3.63, 3.8) is 0 Å². The molecular formula is C11H10FNO4. The number of non-ortho nitro benzene ring substituents is 1. The van der Waals surface area contributed by atoms with Crippen LogP contribution in [0.2, 0.25) is 0 Å². The molecule has 1 aromatic carbocycles. The van der Waals surface area contributed by atoms with Crippen LogP contribution in [-0.2, 0) is 4.79 Å². The van der Waals surface area contributed by atoms with Gasteiger partial charge in [-0.3, -0.25) is 14.9 Å². The first-order chi connectivity index (χ1) is 7.99. The zero-order valence-electron chi connectivity index (χ0n) is 8.80. The molecule has 0 spiro atoms. The summed E-state index contributed by atoms with van der Waals surface area (Å²) in [6, 6.07) is 3.26. The van der Waals surface area contributed by atoms with Crippen molar-refractivity contribution in [1.29, 1.82) is 0 Å². The van der Waals surface area contributed by atoms with Gasteiger partial charge in [0.25, 0.3) is 5.69 Å². The second kappa shape index (κ2) is 4.12. The number of carbonyl (C=O) groups is 1. The van der Waals surface area contributed by atoms with Gasteiger partial charge in [-0.05, 0) is 30.4 Å². The summed E-state index contributed by atoms with van der Waals surface area (Å²) < 4.78 is 13.2. The van der Waals surface area contributed by atoms with Gasteiger partial charge in [0.15, 0.2) is 0 Å². The highest BCUT2D eigenvalue weighted by Gasteiger charge is 2.38. The molecular weight excluding hydrogens is 229 g/mol. The molecule has 1 N–H and O–H groups in total. The smallest absolute Gasteiger partial charge is 0.307 e. The van der Waals surface area contributed by atoms with E-state index in [2.05, 4.69) is 0 Å². The number of rotatable bonds is 3. The maximum atomic E-state index is 13.2. The number of nitro benzene ring substituents is 1. The van der Waals surface area contributed by atoms with Crippen molar-refractivity contribution < 1.29 is 19.2 Å². The van der Waals surface area contributed by atoms with Crippen LogP contribution in [0.25, 0.3) is 0 Å². The molecule has 1 aromatic rings. The summed E-state index contributed by atoms with van der Waals surface area (Å²) in [5.74, 6) is -2.52. The average molecular weight is 239 g/mol. The first-order valence-corrected chi connectivity index (χ1v) is 5.16. The Morgan fingerprint density at radius 2 is 2.12 bits per heavy atom. The van der Waals surface area contributed by atoms with E-state index in [4.69, 9.17) is 5.11 Å². The molecule has 0 radical (unpaired) electrons. The first-order valence-electron chi connectivity index (χ1n) is 5.16. The molecule has 0 bridgehead atoms. The van der Waals surface area contributed by atoms with E-state index in [1.165, 1.54) is 12.1 Å². The minimum absolute atomic E-state index is 0.318. The SMILES string of the molecule is O=C(O)[C@@H]1CC[C@@H]1c1cc(F)cc([N+](=O)[O-])c1. The third kappa shape index (κ3) is 2.11. The van der Waals surface area contributed by atoms with E-state index in [-0.39, 0.29) is 11.6 Å². The molecule has 1 aliphatic rings. The number of carboxylic acids is 1. The first kappa shape index (κ1) is 11.5. The summed E-state index contributed by atoms with van der Waals surface area (Å²) in [5, 5.41) is 19.5. The molecule has 1 aliphatic carbocycles. The van der Waals surface area contributed by atoms with Crippen molar-refractivity contribution in [3.05, 3.63) is 39.7 Å². The number of nitro groups is 1. The molecule has 17 heavy (non-hydrogen) atoms. The number of aliphatic carboxylic acids is 1. The molecule has 6 heteroatoms. The van der Waals surface area contributed by atoms with E-state index in [1.807, 2.05) is 0 Å². The number of nitrogens with zero attached hydrogens (tertiary/aromatic N) is 1. The van der Waals surface area contributed by atoms with Crippen LogP contribution in [0.15, 0.2) is 18.2 Å². The Bertz CT molecular complexity index is 488. The van der Waals surface area contributed by atoms with Crippen molar-refractivity contribution in [3.8, 4) is 0 Å². The molecule has 2 rings (SSSR count). The summed E-state index contributed by atoms with van der Waals surface area (Å²) in [5.41, 5.74) is 0.0615. The van der Waals surface area contributed by atoms with Crippen molar-refractivity contribution in [2.75, 3.05) is 0 Å².